The SMILES string of the molecule is CN1CCC(c2c[nH]c3ccc(NC(=O)C(C)(C)C)cc23)CC1. The molecule has 0 saturated carbocycles. The zero-order valence-electron chi connectivity index (χ0n) is 14.6. The molecule has 2 heterocycles. The summed E-state index contributed by atoms with van der Waals surface area (Å²) < 4.78 is 0. The first-order valence-corrected chi connectivity index (χ1v) is 8.45. The number of hydrogen-bond acceptors (Lipinski definition) is 2. The minimum atomic E-state index is -0.385. The third-order valence-corrected chi connectivity index (χ3v) is 4.81. The Morgan fingerprint density at radius 3 is 2.61 bits per heavy atom. The van der Waals surface area contributed by atoms with E-state index < -0.39 is 0 Å². The predicted octanol–water partition coefficient (Wildman–Crippen LogP) is 3.96. The molecule has 1 aromatic carbocycles. The summed E-state index contributed by atoms with van der Waals surface area (Å²) >= 11 is 0. The molecule has 2 N–H and O–H groups in total. The zero-order valence-corrected chi connectivity index (χ0v) is 14.6. The van der Waals surface area contributed by atoms with Gasteiger partial charge in [-0.2, -0.15) is 0 Å². The van der Waals surface area contributed by atoms with Crippen LogP contribution in [0.25, 0.3) is 10.9 Å². The van der Waals surface area contributed by atoms with E-state index in [1.54, 1.807) is 0 Å². The van der Waals surface area contributed by atoms with Gasteiger partial charge in [-0.15, -0.1) is 0 Å². The van der Waals surface area contributed by atoms with E-state index >= 15 is 0 Å². The molecule has 0 spiro atoms. The van der Waals surface area contributed by atoms with Gasteiger partial charge < -0.3 is 15.2 Å². The lowest BCUT2D eigenvalue weighted by atomic mass is 9.89. The van der Waals surface area contributed by atoms with Gasteiger partial charge in [0.1, 0.15) is 0 Å². The van der Waals surface area contributed by atoms with Crippen molar-refractivity contribution < 1.29 is 4.79 Å². The van der Waals surface area contributed by atoms with E-state index in [4.69, 9.17) is 0 Å². The number of nitrogens with one attached hydrogen (secondary N) is 2. The van der Waals surface area contributed by atoms with E-state index in [2.05, 4.69) is 40.6 Å². The Balaban J connectivity index is 1.87. The fraction of sp³-hybridized carbons (Fsp3) is 0.526. The number of fused-ring (bicyclic) bond motifs is 1. The molecule has 0 radical (unpaired) electrons. The van der Waals surface area contributed by atoms with Crippen LogP contribution in [0.1, 0.15) is 45.1 Å². The molecule has 0 aliphatic carbocycles. The number of likely N-dealkylation sites (tertiary alicyclic amines) is 1. The molecule has 0 bridgehead atoms. The van der Waals surface area contributed by atoms with Crippen molar-refractivity contribution in [2.24, 2.45) is 5.41 Å². The Morgan fingerprint density at radius 1 is 1.26 bits per heavy atom. The largest absolute Gasteiger partial charge is 0.361 e. The summed E-state index contributed by atoms with van der Waals surface area (Å²) in [5.74, 6) is 0.654. The quantitative estimate of drug-likeness (QED) is 0.881. The van der Waals surface area contributed by atoms with Gasteiger partial charge in [-0.25, -0.2) is 0 Å². The Morgan fingerprint density at radius 2 is 1.96 bits per heavy atom. The second kappa shape index (κ2) is 6.00. The topological polar surface area (TPSA) is 48.1 Å². The summed E-state index contributed by atoms with van der Waals surface area (Å²) in [4.78, 5) is 18.0. The first-order chi connectivity index (χ1) is 10.8. The van der Waals surface area contributed by atoms with Crippen LogP contribution in [0.15, 0.2) is 24.4 Å². The normalized spacial score (nSPS) is 17.6. The Bertz CT molecular complexity index is 703. The van der Waals surface area contributed by atoms with E-state index in [0.717, 1.165) is 24.3 Å². The molecule has 1 amide bonds. The van der Waals surface area contributed by atoms with Crippen molar-refractivity contribution >= 4 is 22.5 Å². The van der Waals surface area contributed by atoms with Crippen molar-refractivity contribution in [2.45, 2.75) is 39.5 Å². The van der Waals surface area contributed by atoms with Gasteiger partial charge in [0, 0.05) is 28.2 Å². The Hall–Kier alpha value is -1.81. The molecule has 4 heteroatoms. The molecule has 124 valence electrons. The van der Waals surface area contributed by atoms with Crippen molar-refractivity contribution in [3.8, 4) is 0 Å². The summed E-state index contributed by atoms with van der Waals surface area (Å²) in [6.45, 7) is 8.10. The van der Waals surface area contributed by atoms with Gasteiger partial charge in [0.25, 0.3) is 0 Å². The van der Waals surface area contributed by atoms with Crippen LogP contribution in [-0.2, 0) is 4.79 Å². The lowest BCUT2D eigenvalue weighted by Gasteiger charge is -2.28. The number of nitrogens with zero attached hydrogens (tertiary/aromatic N) is 1. The second-order valence-corrected chi connectivity index (χ2v) is 7.79. The van der Waals surface area contributed by atoms with Crippen molar-refractivity contribution in [2.75, 3.05) is 25.5 Å². The highest BCUT2D eigenvalue weighted by Gasteiger charge is 2.23. The van der Waals surface area contributed by atoms with E-state index in [0.29, 0.717) is 5.92 Å². The van der Waals surface area contributed by atoms with Gasteiger partial charge in [-0.05, 0) is 62.7 Å². The third-order valence-electron chi connectivity index (χ3n) is 4.81. The summed E-state index contributed by atoms with van der Waals surface area (Å²) in [5.41, 5.74) is 3.03. The van der Waals surface area contributed by atoms with Crippen LogP contribution in [0, 0.1) is 5.41 Å². The van der Waals surface area contributed by atoms with E-state index in [1.807, 2.05) is 26.8 Å². The number of benzene rings is 1. The number of carbonyl (C=O) groups is 1. The Labute approximate surface area is 138 Å². The number of amides is 1. The average molecular weight is 313 g/mol. The highest BCUT2D eigenvalue weighted by molar-refractivity contribution is 5.97. The summed E-state index contributed by atoms with van der Waals surface area (Å²) in [6, 6.07) is 6.15. The lowest BCUT2D eigenvalue weighted by molar-refractivity contribution is -0.123. The molecule has 0 unspecified atom stereocenters. The van der Waals surface area contributed by atoms with Crippen molar-refractivity contribution in [3.05, 3.63) is 30.0 Å². The van der Waals surface area contributed by atoms with Gasteiger partial charge in [0.05, 0.1) is 0 Å². The van der Waals surface area contributed by atoms with Crippen LogP contribution < -0.4 is 5.32 Å². The molecule has 1 fully saturated rings. The molecule has 1 saturated heterocycles. The van der Waals surface area contributed by atoms with E-state index in [9.17, 15) is 4.79 Å². The molecule has 1 aliphatic heterocycles. The highest BCUT2D eigenvalue weighted by atomic mass is 16.2. The zero-order chi connectivity index (χ0) is 16.6. The van der Waals surface area contributed by atoms with Crippen LogP contribution in [0.5, 0.6) is 0 Å². The molecule has 4 nitrogen and oxygen atoms in total. The van der Waals surface area contributed by atoms with Gasteiger partial charge in [-0.3, -0.25) is 4.79 Å². The minimum Gasteiger partial charge on any atom is -0.361 e. The number of aromatic nitrogens is 1. The van der Waals surface area contributed by atoms with Crippen molar-refractivity contribution in [1.29, 1.82) is 0 Å². The lowest BCUT2D eigenvalue weighted by Crippen LogP contribution is -2.29. The number of anilines is 1. The molecule has 1 aliphatic rings. The predicted molar refractivity (Wildman–Crippen MR) is 95.9 cm³/mol. The smallest absolute Gasteiger partial charge is 0.229 e. The van der Waals surface area contributed by atoms with E-state index in [1.165, 1.54) is 23.8 Å². The molecular weight excluding hydrogens is 286 g/mol. The summed E-state index contributed by atoms with van der Waals surface area (Å²) in [6.07, 6.45) is 4.54. The monoisotopic (exact) mass is 313 g/mol. The maximum atomic E-state index is 12.2. The van der Waals surface area contributed by atoms with Crippen LogP contribution >= 0.6 is 0 Å². The fourth-order valence-corrected chi connectivity index (χ4v) is 3.20. The van der Waals surface area contributed by atoms with Crippen molar-refractivity contribution in [3.63, 3.8) is 0 Å². The maximum absolute atomic E-state index is 12.2. The van der Waals surface area contributed by atoms with E-state index in [-0.39, 0.29) is 11.3 Å². The highest BCUT2D eigenvalue weighted by Crippen LogP contribution is 2.34. The number of piperidine rings is 1. The molecular formula is C19H27N3O. The van der Waals surface area contributed by atoms with Crippen LogP contribution in [0.2, 0.25) is 0 Å². The minimum absolute atomic E-state index is 0.0493. The van der Waals surface area contributed by atoms with Crippen LogP contribution in [-0.4, -0.2) is 35.9 Å². The first-order valence-electron chi connectivity index (χ1n) is 8.45. The maximum Gasteiger partial charge on any atom is 0.229 e. The van der Waals surface area contributed by atoms with Gasteiger partial charge in [-0.1, -0.05) is 20.8 Å². The number of carbonyl (C=O) groups excluding carboxylic acids is 1. The third kappa shape index (κ3) is 3.42. The number of rotatable bonds is 2. The number of hydrogen-bond donors (Lipinski definition) is 2. The molecule has 1 aromatic heterocycles. The van der Waals surface area contributed by atoms with Gasteiger partial charge >= 0.3 is 0 Å². The summed E-state index contributed by atoms with van der Waals surface area (Å²) in [7, 11) is 2.19. The second-order valence-electron chi connectivity index (χ2n) is 7.79. The first kappa shape index (κ1) is 16.1. The standard InChI is InChI=1S/C19H27N3O/c1-19(2,3)18(23)21-14-5-6-17-15(11-14)16(12-20-17)13-7-9-22(4)10-8-13/h5-6,11-13,20H,7-10H2,1-4H3,(H,21,23). The molecule has 0 atom stereocenters. The number of H-pyrrole nitrogens is 1. The van der Waals surface area contributed by atoms with Gasteiger partial charge in [0.2, 0.25) is 5.91 Å². The fourth-order valence-electron chi connectivity index (χ4n) is 3.20. The summed E-state index contributed by atoms with van der Waals surface area (Å²) in [5, 5.41) is 4.28. The van der Waals surface area contributed by atoms with Crippen LogP contribution in [0.4, 0.5) is 5.69 Å². The molecule has 2 aromatic rings. The Kier molecular flexibility index (Phi) is 4.19. The molecule has 23 heavy (non-hydrogen) atoms. The van der Waals surface area contributed by atoms with Crippen LogP contribution in [0.3, 0.4) is 0 Å². The van der Waals surface area contributed by atoms with Crippen molar-refractivity contribution in [1.82, 2.24) is 9.88 Å². The molecule has 3 rings (SSSR count). The average Bonchev–Trinajstić information content (AvgIpc) is 2.90. The van der Waals surface area contributed by atoms with Gasteiger partial charge in [0.15, 0.2) is 0 Å². The number of aromatic amines is 1.